The molecule has 12 rings (SSSR count). The zero-order valence-electron chi connectivity index (χ0n) is 33.6. The van der Waals surface area contributed by atoms with Crippen LogP contribution >= 0.6 is 0 Å². The van der Waals surface area contributed by atoms with Crippen LogP contribution in [-0.4, -0.2) is 24.1 Å². The second kappa shape index (κ2) is 14.7. The predicted molar refractivity (Wildman–Crippen MR) is 256 cm³/mol. The Kier molecular flexibility index (Phi) is 8.42. The van der Waals surface area contributed by atoms with Gasteiger partial charge in [0.05, 0.1) is 22.1 Å². The number of para-hydroxylation sites is 2. The van der Waals surface area contributed by atoms with Gasteiger partial charge in [-0.1, -0.05) is 188 Å². The first kappa shape index (κ1) is 35.5. The molecule has 5 heteroatoms. The molecule has 0 unspecified atom stereocenters. The van der Waals surface area contributed by atoms with Crippen LogP contribution in [0.3, 0.4) is 0 Å². The summed E-state index contributed by atoms with van der Waals surface area (Å²) < 4.78 is 4.69. The van der Waals surface area contributed by atoms with Crippen molar-refractivity contribution in [2.75, 3.05) is 0 Å². The molecule has 0 spiro atoms. The van der Waals surface area contributed by atoms with Crippen molar-refractivity contribution in [1.29, 1.82) is 0 Å². The van der Waals surface area contributed by atoms with Crippen molar-refractivity contribution in [1.82, 2.24) is 24.1 Å². The number of fused-ring (bicyclic) bond motifs is 6. The standard InChI is InChI=1S/C57H37N5/c1-5-18-38(19-6-1)40-32-34-45(35-33-40)61-49-30-15-13-28-46(49)48-37-51-53(52(54(48)61)41-22-9-3-10-23-41)47-29-14-16-31-50(47)62(51)57-59-55(42-24-11-4-12-25-42)58-56(60-57)44-27-17-26-43(36-44)39-20-7-2-8-21-39/h1-37H. The highest BCUT2D eigenvalue weighted by Gasteiger charge is 2.25. The number of hydrogen-bond acceptors (Lipinski definition) is 3. The van der Waals surface area contributed by atoms with Crippen LogP contribution in [0.25, 0.3) is 111 Å². The van der Waals surface area contributed by atoms with Gasteiger partial charge in [0, 0.05) is 43.9 Å². The lowest BCUT2D eigenvalue weighted by Gasteiger charge is -2.15. The molecule has 0 amide bonds. The summed E-state index contributed by atoms with van der Waals surface area (Å²) in [4.78, 5) is 15.8. The van der Waals surface area contributed by atoms with Crippen molar-refractivity contribution in [3.05, 3.63) is 224 Å². The van der Waals surface area contributed by atoms with E-state index < -0.39 is 0 Å². The molecule has 290 valence electrons. The summed E-state index contributed by atoms with van der Waals surface area (Å²) in [5, 5.41) is 4.58. The summed E-state index contributed by atoms with van der Waals surface area (Å²) in [5.41, 5.74) is 14.2. The molecule has 5 nitrogen and oxygen atoms in total. The van der Waals surface area contributed by atoms with E-state index in [1.807, 2.05) is 24.3 Å². The monoisotopic (exact) mass is 791 g/mol. The van der Waals surface area contributed by atoms with E-state index in [9.17, 15) is 0 Å². The minimum absolute atomic E-state index is 0.559. The van der Waals surface area contributed by atoms with Gasteiger partial charge in [-0.05, 0) is 64.2 Å². The van der Waals surface area contributed by atoms with Crippen molar-refractivity contribution >= 4 is 43.6 Å². The number of rotatable bonds is 7. The Hall–Kier alpha value is -8.41. The summed E-state index contributed by atoms with van der Waals surface area (Å²) in [5.74, 6) is 1.78. The predicted octanol–water partition coefficient (Wildman–Crippen LogP) is 14.4. The molecule has 3 aromatic heterocycles. The van der Waals surface area contributed by atoms with Gasteiger partial charge in [0.15, 0.2) is 11.6 Å². The van der Waals surface area contributed by atoms with Gasteiger partial charge in [0.25, 0.3) is 0 Å². The largest absolute Gasteiger partial charge is 0.309 e. The second-order valence-electron chi connectivity index (χ2n) is 15.6. The Balaban J connectivity index is 1.17. The Morgan fingerprint density at radius 2 is 0.774 bits per heavy atom. The highest BCUT2D eigenvalue weighted by atomic mass is 15.2. The summed E-state index contributed by atoms with van der Waals surface area (Å²) in [6.07, 6.45) is 0. The maximum Gasteiger partial charge on any atom is 0.238 e. The van der Waals surface area contributed by atoms with E-state index in [1.54, 1.807) is 0 Å². The third-order valence-corrected chi connectivity index (χ3v) is 12.0. The molecule has 0 aliphatic heterocycles. The molecular weight excluding hydrogens is 755 g/mol. The van der Waals surface area contributed by atoms with E-state index in [-0.39, 0.29) is 0 Å². The lowest BCUT2D eigenvalue weighted by molar-refractivity contribution is 0.954. The SMILES string of the molecule is c1ccc(-c2ccc(-n3c4ccccc4c4cc5c(c(-c6ccccc6)c43)c3ccccc3n5-c3nc(-c4ccccc4)nc(-c4cccc(-c5ccccc5)c4)n3)cc2)cc1. The van der Waals surface area contributed by atoms with Gasteiger partial charge in [0.1, 0.15) is 0 Å². The van der Waals surface area contributed by atoms with Crippen LogP contribution < -0.4 is 0 Å². The molecule has 0 radical (unpaired) electrons. The van der Waals surface area contributed by atoms with E-state index in [4.69, 9.17) is 15.0 Å². The first-order valence-electron chi connectivity index (χ1n) is 21.0. The zero-order chi connectivity index (χ0) is 41.0. The van der Waals surface area contributed by atoms with Crippen LogP contribution in [0.1, 0.15) is 0 Å². The lowest BCUT2D eigenvalue weighted by atomic mass is 9.96. The third-order valence-electron chi connectivity index (χ3n) is 12.0. The molecule has 0 fully saturated rings. The molecule has 12 aromatic rings. The van der Waals surface area contributed by atoms with Crippen LogP contribution in [0.5, 0.6) is 0 Å². The molecule has 0 aliphatic rings. The summed E-state index contributed by atoms with van der Waals surface area (Å²) in [7, 11) is 0. The van der Waals surface area contributed by atoms with Gasteiger partial charge in [-0.2, -0.15) is 9.97 Å². The zero-order valence-corrected chi connectivity index (χ0v) is 33.6. The molecule has 0 saturated carbocycles. The summed E-state index contributed by atoms with van der Waals surface area (Å²) in [6.45, 7) is 0. The molecule has 62 heavy (non-hydrogen) atoms. The van der Waals surface area contributed by atoms with Crippen molar-refractivity contribution < 1.29 is 0 Å². The Morgan fingerprint density at radius 3 is 1.44 bits per heavy atom. The second-order valence-corrected chi connectivity index (χ2v) is 15.6. The van der Waals surface area contributed by atoms with Crippen LogP contribution in [0.4, 0.5) is 0 Å². The lowest BCUT2D eigenvalue weighted by Crippen LogP contribution is -2.06. The van der Waals surface area contributed by atoms with E-state index in [0.29, 0.717) is 17.6 Å². The average Bonchev–Trinajstić information content (AvgIpc) is 3.87. The quantitative estimate of drug-likeness (QED) is 0.162. The smallest absolute Gasteiger partial charge is 0.238 e. The van der Waals surface area contributed by atoms with Crippen LogP contribution in [-0.2, 0) is 0 Å². The van der Waals surface area contributed by atoms with Gasteiger partial charge < -0.3 is 4.57 Å². The van der Waals surface area contributed by atoms with E-state index in [2.05, 4.69) is 209 Å². The van der Waals surface area contributed by atoms with Gasteiger partial charge in [-0.3, -0.25) is 4.57 Å². The van der Waals surface area contributed by atoms with Crippen LogP contribution in [0.2, 0.25) is 0 Å². The third kappa shape index (κ3) is 5.90. The first-order valence-corrected chi connectivity index (χ1v) is 21.0. The molecule has 3 heterocycles. The highest BCUT2D eigenvalue weighted by Crippen LogP contribution is 2.46. The molecule has 0 aliphatic carbocycles. The fourth-order valence-corrected chi connectivity index (χ4v) is 9.15. The minimum Gasteiger partial charge on any atom is -0.309 e. The first-order chi connectivity index (χ1) is 30.8. The number of nitrogens with zero attached hydrogens (tertiary/aromatic N) is 5. The van der Waals surface area contributed by atoms with Crippen molar-refractivity contribution in [3.63, 3.8) is 0 Å². The number of hydrogen-bond donors (Lipinski definition) is 0. The molecule has 9 aromatic carbocycles. The van der Waals surface area contributed by atoms with Crippen LogP contribution in [0, 0.1) is 0 Å². The van der Waals surface area contributed by atoms with Gasteiger partial charge in [-0.15, -0.1) is 0 Å². The number of benzene rings is 9. The Bertz CT molecular complexity index is 3590. The van der Waals surface area contributed by atoms with Crippen molar-refractivity contribution in [2.45, 2.75) is 0 Å². The number of aromatic nitrogens is 5. The van der Waals surface area contributed by atoms with Gasteiger partial charge in [-0.25, -0.2) is 4.98 Å². The topological polar surface area (TPSA) is 48.5 Å². The Morgan fingerprint density at radius 1 is 0.290 bits per heavy atom. The molecule has 0 bridgehead atoms. The normalized spacial score (nSPS) is 11.5. The van der Waals surface area contributed by atoms with Crippen molar-refractivity contribution in [2.24, 2.45) is 0 Å². The van der Waals surface area contributed by atoms with Crippen molar-refractivity contribution in [3.8, 4) is 67.8 Å². The van der Waals surface area contributed by atoms with E-state index in [1.165, 1.54) is 16.5 Å². The highest BCUT2D eigenvalue weighted by molar-refractivity contribution is 6.27. The Labute approximate surface area is 358 Å². The maximum atomic E-state index is 5.37. The molecule has 0 atom stereocenters. The van der Waals surface area contributed by atoms with Crippen LogP contribution in [0.15, 0.2) is 224 Å². The van der Waals surface area contributed by atoms with Gasteiger partial charge >= 0.3 is 0 Å². The molecule has 0 N–H and O–H groups in total. The van der Waals surface area contributed by atoms with E-state index in [0.717, 1.165) is 77.3 Å². The van der Waals surface area contributed by atoms with Gasteiger partial charge in [0.2, 0.25) is 5.95 Å². The summed E-state index contributed by atoms with van der Waals surface area (Å²) >= 11 is 0. The molecule has 0 saturated heterocycles. The fourth-order valence-electron chi connectivity index (χ4n) is 9.15. The van der Waals surface area contributed by atoms with E-state index >= 15 is 0 Å². The summed E-state index contributed by atoms with van der Waals surface area (Å²) in [6, 6.07) is 79.3. The maximum absolute atomic E-state index is 5.37. The molecular formula is C57H37N5. The average molecular weight is 792 g/mol. The fraction of sp³-hybridized carbons (Fsp3) is 0. The minimum atomic E-state index is 0.559.